The van der Waals surface area contributed by atoms with Crippen molar-refractivity contribution in [3.05, 3.63) is 0 Å². The predicted octanol–water partition coefficient (Wildman–Crippen LogP) is 11.0. The Morgan fingerprint density at radius 1 is 0.347 bits per heavy atom. The molecule has 0 aromatic rings. The third kappa shape index (κ3) is 72.2. The molecule has 0 aromatic heterocycles. The molecule has 4 N–H and O–H groups in total. The first-order valence-corrected chi connectivity index (χ1v) is 41.7. The van der Waals surface area contributed by atoms with E-state index in [9.17, 15) is 42.9 Å². The number of amides is 4. The summed E-state index contributed by atoms with van der Waals surface area (Å²) < 4.78 is 69.8. The summed E-state index contributed by atoms with van der Waals surface area (Å²) >= 11 is 0. The Morgan fingerprint density at radius 2 is 0.633 bits per heavy atom. The van der Waals surface area contributed by atoms with Crippen LogP contribution >= 0.6 is 15.6 Å². The zero-order valence-electron chi connectivity index (χ0n) is 63.7. The largest absolute Gasteiger partial charge is 1.00 e. The molecule has 568 valence electrons. The van der Waals surface area contributed by atoms with Gasteiger partial charge in [-0.3, -0.25) is 28.3 Å². The molecule has 0 bridgehead atoms. The van der Waals surface area contributed by atoms with Gasteiger partial charge in [0.25, 0.3) is 15.6 Å². The van der Waals surface area contributed by atoms with Crippen LogP contribution in [0.25, 0.3) is 0 Å². The third-order valence-electron chi connectivity index (χ3n) is 17.1. The van der Waals surface area contributed by atoms with Crippen LogP contribution in [0.4, 0.5) is 4.79 Å². The zero-order chi connectivity index (χ0) is 70.7. The van der Waals surface area contributed by atoms with Crippen molar-refractivity contribution in [3.8, 4) is 0 Å². The van der Waals surface area contributed by atoms with Gasteiger partial charge in [0.15, 0.2) is 0 Å². The Hall–Kier alpha value is -0.710. The zero-order valence-corrected chi connectivity index (χ0v) is 69.4. The molecule has 4 amide bonds. The molecule has 0 aliphatic rings. The van der Waals surface area contributed by atoms with Gasteiger partial charge in [-0.05, 0) is 44.9 Å². The summed E-state index contributed by atoms with van der Waals surface area (Å²) in [4.78, 5) is 89.6. The van der Waals surface area contributed by atoms with Gasteiger partial charge < -0.3 is 68.1 Å². The number of carbonyl (C=O) groups is 5. The van der Waals surface area contributed by atoms with Gasteiger partial charge in [-0.2, -0.15) is 0 Å². The number of carbonyl (C=O) groups excluding carboxylic acids is 5. The van der Waals surface area contributed by atoms with E-state index < -0.39 is 60.2 Å². The molecule has 0 fully saturated rings. The molecule has 2 unspecified atom stereocenters. The number of phosphoric acid groups is 2. The van der Waals surface area contributed by atoms with Crippen molar-refractivity contribution in [3.63, 3.8) is 0 Å². The second kappa shape index (κ2) is 74.6. The first kappa shape index (κ1) is 101. The molecule has 6 atom stereocenters. The number of urea groups is 1. The Labute approximate surface area is 640 Å². The molecule has 0 radical (unpaired) electrons. The summed E-state index contributed by atoms with van der Waals surface area (Å²) in [5.74, 6) is -1.10. The molecular weight excluding hydrogens is 1310 g/mol. The number of rotatable bonds is 74. The van der Waals surface area contributed by atoms with E-state index in [0.717, 1.165) is 122 Å². The van der Waals surface area contributed by atoms with Crippen LogP contribution in [0.3, 0.4) is 0 Å². The number of nitrogens with one attached hydrogen (secondary N) is 4. The Bertz CT molecular complexity index is 1940. The van der Waals surface area contributed by atoms with Crippen molar-refractivity contribution < 1.29 is 139 Å². The fourth-order valence-corrected chi connectivity index (χ4v) is 12.8. The Balaban J connectivity index is -0.0000451. The van der Waals surface area contributed by atoms with Gasteiger partial charge in [0.2, 0.25) is 11.8 Å². The molecule has 0 saturated heterocycles. The number of phosphoric ester groups is 2. The van der Waals surface area contributed by atoms with Gasteiger partial charge >= 0.3 is 77.1 Å². The fourth-order valence-electron chi connectivity index (χ4n) is 11.3. The molecule has 25 heteroatoms. The van der Waals surface area contributed by atoms with E-state index in [-0.39, 0.29) is 147 Å². The number of ether oxygens (including phenoxy) is 4. The van der Waals surface area contributed by atoms with Gasteiger partial charge in [0.05, 0.1) is 64.9 Å². The van der Waals surface area contributed by atoms with Crippen LogP contribution in [0.2, 0.25) is 0 Å². The van der Waals surface area contributed by atoms with Crippen LogP contribution < -0.4 is 90.2 Å². The minimum absolute atomic E-state index is 0. The SMILES string of the molecule is CCCCCCCCCCCCCC(=O)N[C@@H](COCC[C@@H](CCCCCCC)OC(C)=O)COP(=O)([O-])OCCNC(=O)NCCOP(=O)([O-])OC[C@H](COCC[C@@H](CCCCCCC)OC(=O)CCCCCCCCCCC)NC(=O)CCCCCCCCCCCCC.[Na+].[Na+]. The first-order valence-electron chi connectivity index (χ1n) is 38.8. The topological polar surface area (TPSA) is 288 Å². The third-order valence-corrected chi connectivity index (χ3v) is 19.0. The van der Waals surface area contributed by atoms with E-state index in [2.05, 4.69) is 55.9 Å². The van der Waals surface area contributed by atoms with Gasteiger partial charge in [0, 0.05) is 52.1 Å². The van der Waals surface area contributed by atoms with Crippen molar-refractivity contribution in [2.45, 2.75) is 374 Å². The molecule has 0 rings (SSSR count). The number of hydrogen-bond donors (Lipinski definition) is 4. The van der Waals surface area contributed by atoms with Crippen molar-refractivity contribution in [1.82, 2.24) is 21.3 Å². The Morgan fingerprint density at radius 3 is 0.949 bits per heavy atom. The molecule has 0 aromatic carbocycles. The molecule has 98 heavy (non-hydrogen) atoms. The van der Waals surface area contributed by atoms with Crippen LogP contribution in [-0.2, 0) is 65.4 Å². The smallest absolute Gasteiger partial charge is 0.756 e. The van der Waals surface area contributed by atoms with Crippen molar-refractivity contribution >= 4 is 45.4 Å². The standard InChI is InChI=1S/C73H144N4O17P2.2Na/c1-7-12-17-22-25-28-30-33-35-40-45-50-70(79)76-66(61-87-57-53-68(93-65(6)78)48-43-38-20-15-10-4)63-91-95(83,84)89-59-55-74-73(82)75-56-60-90-96(85,86)92-64-67(77-71(80)51-46-41-36-34-31-29-26-23-18-13-8-2)62-88-58-54-69(49-44-39-21-16-11-5)94-72(81)52-47-42-37-32-27-24-19-14-9-3;;/h66-69H,7-64H2,1-6H3,(H,76,79)(H,77,80)(H,83,84)(H,85,86)(H2,74,75,82);;/q;2*+1/p-2/t66-,67-,68+,69+;;/m0../s1. The van der Waals surface area contributed by atoms with Gasteiger partial charge in [0.1, 0.15) is 12.2 Å². The molecule has 0 aliphatic carbocycles. The summed E-state index contributed by atoms with van der Waals surface area (Å²) in [6, 6.07) is -2.45. The van der Waals surface area contributed by atoms with E-state index in [0.29, 0.717) is 44.9 Å². The normalized spacial score (nSPS) is 13.8. The van der Waals surface area contributed by atoms with Crippen LogP contribution in [0, 0.1) is 0 Å². The van der Waals surface area contributed by atoms with Crippen LogP contribution in [0.15, 0.2) is 0 Å². The maximum atomic E-state index is 13.2. The van der Waals surface area contributed by atoms with E-state index >= 15 is 0 Å². The minimum Gasteiger partial charge on any atom is -0.756 e. The quantitative estimate of drug-likeness (QED) is 0.0190. The number of esters is 2. The van der Waals surface area contributed by atoms with Crippen LogP contribution in [0.5, 0.6) is 0 Å². The summed E-state index contributed by atoms with van der Waals surface area (Å²) in [6.45, 7) is 10.2. The molecule has 21 nitrogen and oxygen atoms in total. The maximum Gasteiger partial charge on any atom is 1.00 e. The average Bonchev–Trinajstić information content (AvgIpc) is 1.76. The molecular formula is C73H142N4Na2O17P2. The summed E-state index contributed by atoms with van der Waals surface area (Å²) in [5.41, 5.74) is 0. The number of hydrogen-bond acceptors (Lipinski definition) is 17. The Kier molecular flexibility index (Phi) is 77.2. The second-order valence-electron chi connectivity index (χ2n) is 26.5. The average molecular weight is 1460 g/mol. The van der Waals surface area contributed by atoms with E-state index in [1.54, 1.807) is 0 Å². The second-order valence-corrected chi connectivity index (χ2v) is 29.3. The first-order chi connectivity index (χ1) is 46.5. The van der Waals surface area contributed by atoms with Crippen LogP contribution in [0.1, 0.15) is 350 Å². The van der Waals surface area contributed by atoms with Crippen molar-refractivity contribution in [2.24, 2.45) is 0 Å². The predicted molar refractivity (Wildman–Crippen MR) is 381 cm³/mol. The van der Waals surface area contributed by atoms with E-state index in [4.69, 9.17) is 37.0 Å². The molecule has 0 spiro atoms. The molecule has 0 saturated carbocycles. The van der Waals surface area contributed by atoms with Crippen LogP contribution in [-0.4, -0.2) is 120 Å². The fraction of sp³-hybridized carbons (Fsp3) is 0.932. The summed E-state index contributed by atoms with van der Waals surface area (Å²) in [5, 5.41) is 10.6. The number of unbranched alkanes of at least 4 members (excludes halogenated alkanes) is 36. The van der Waals surface area contributed by atoms with Crippen molar-refractivity contribution in [2.75, 3.05) is 65.9 Å². The van der Waals surface area contributed by atoms with Gasteiger partial charge in [-0.1, -0.05) is 266 Å². The van der Waals surface area contributed by atoms with E-state index in [1.807, 2.05) is 0 Å². The van der Waals surface area contributed by atoms with Crippen molar-refractivity contribution in [1.29, 1.82) is 0 Å². The maximum absolute atomic E-state index is 13.2. The summed E-state index contributed by atoms with van der Waals surface area (Å²) in [7, 11) is -9.89. The van der Waals surface area contributed by atoms with E-state index in [1.165, 1.54) is 135 Å². The molecule has 0 heterocycles. The summed E-state index contributed by atoms with van der Waals surface area (Å²) in [6.07, 6.45) is 48.6. The van der Waals surface area contributed by atoms with Gasteiger partial charge in [-0.15, -0.1) is 0 Å². The minimum atomic E-state index is -4.95. The molecule has 0 aliphatic heterocycles. The van der Waals surface area contributed by atoms with Gasteiger partial charge in [-0.25, -0.2) is 4.79 Å². The monoisotopic (exact) mass is 1450 g/mol.